The summed E-state index contributed by atoms with van der Waals surface area (Å²) in [4.78, 5) is 38.5. The van der Waals surface area contributed by atoms with E-state index in [0.29, 0.717) is 44.9 Å². The van der Waals surface area contributed by atoms with Gasteiger partial charge in [0.1, 0.15) is 0 Å². The van der Waals surface area contributed by atoms with Crippen molar-refractivity contribution >= 4 is 11.8 Å². The average Bonchev–Trinajstić information content (AvgIpc) is 3.15. The van der Waals surface area contributed by atoms with Crippen LogP contribution in [0.25, 0.3) is 0 Å². The molecule has 1 saturated carbocycles. The minimum absolute atomic E-state index is 0.00525. The first kappa shape index (κ1) is 18.7. The molecule has 0 aromatic carbocycles. The summed E-state index contributed by atoms with van der Waals surface area (Å²) in [5, 5.41) is 3.00. The van der Waals surface area contributed by atoms with Crippen molar-refractivity contribution in [3.8, 4) is 0 Å². The zero-order valence-corrected chi connectivity index (χ0v) is 15.6. The first-order valence-electron chi connectivity index (χ1n) is 9.80. The number of aryl methyl sites for hydroxylation is 1. The number of amides is 2. The molecule has 3 rings (SSSR count). The smallest absolute Gasteiger partial charge is 0.250 e. The van der Waals surface area contributed by atoms with E-state index in [-0.39, 0.29) is 23.3 Å². The van der Waals surface area contributed by atoms with Crippen molar-refractivity contribution in [2.75, 3.05) is 13.1 Å². The quantitative estimate of drug-likeness (QED) is 0.788. The highest BCUT2D eigenvalue weighted by Gasteiger charge is 2.34. The van der Waals surface area contributed by atoms with Gasteiger partial charge in [-0.3, -0.25) is 14.4 Å². The van der Waals surface area contributed by atoms with Gasteiger partial charge in [0.2, 0.25) is 11.8 Å². The van der Waals surface area contributed by atoms with E-state index >= 15 is 0 Å². The van der Waals surface area contributed by atoms with E-state index in [0.717, 1.165) is 18.5 Å². The van der Waals surface area contributed by atoms with Crippen molar-refractivity contribution in [2.24, 2.45) is 5.92 Å². The van der Waals surface area contributed by atoms with E-state index in [2.05, 4.69) is 5.32 Å². The van der Waals surface area contributed by atoms with Gasteiger partial charge >= 0.3 is 0 Å². The Morgan fingerprint density at radius 2 is 1.96 bits per heavy atom. The second-order valence-corrected chi connectivity index (χ2v) is 7.52. The highest BCUT2D eigenvalue weighted by Crippen LogP contribution is 2.28. The van der Waals surface area contributed by atoms with Crippen LogP contribution in [0, 0.1) is 12.8 Å². The number of hydrogen-bond donors (Lipinski definition) is 1. The third-order valence-electron chi connectivity index (χ3n) is 5.71. The maximum Gasteiger partial charge on any atom is 0.250 e. The number of rotatable bonds is 6. The molecule has 0 radical (unpaired) electrons. The number of carbonyl (C=O) groups is 2. The first-order valence-corrected chi connectivity index (χ1v) is 9.80. The lowest BCUT2D eigenvalue weighted by atomic mass is 9.95. The molecule has 2 amide bonds. The average molecular weight is 359 g/mol. The minimum Gasteiger partial charge on any atom is -0.356 e. The van der Waals surface area contributed by atoms with Crippen LogP contribution >= 0.6 is 0 Å². The fourth-order valence-electron chi connectivity index (χ4n) is 4.16. The molecule has 0 bridgehead atoms. The Morgan fingerprint density at radius 3 is 2.69 bits per heavy atom. The van der Waals surface area contributed by atoms with Gasteiger partial charge in [0, 0.05) is 43.9 Å². The van der Waals surface area contributed by atoms with Crippen LogP contribution in [0.1, 0.15) is 50.6 Å². The number of hydrogen-bond acceptors (Lipinski definition) is 3. The molecule has 2 fully saturated rings. The molecule has 1 saturated heterocycles. The van der Waals surface area contributed by atoms with Crippen molar-refractivity contribution in [1.82, 2.24) is 14.8 Å². The summed E-state index contributed by atoms with van der Waals surface area (Å²) in [6, 6.07) is 5.57. The predicted molar refractivity (Wildman–Crippen MR) is 99.8 cm³/mol. The fourth-order valence-corrected chi connectivity index (χ4v) is 4.16. The standard InChI is InChI=1S/C20H29N3O3/c1-15-6-4-9-18(24)22(15)13-5-12-21-20(26)16-10-11-19(25)23(14-16)17-7-2-3-8-17/h4,6,9,16-17H,2-3,5,7-8,10-14H2,1H3,(H,21,26). The highest BCUT2D eigenvalue weighted by molar-refractivity contribution is 5.84. The molecular formula is C20H29N3O3. The molecule has 1 N–H and O–H groups in total. The summed E-state index contributed by atoms with van der Waals surface area (Å²) in [7, 11) is 0. The number of piperidine rings is 1. The van der Waals surface area contributed by atoms with E-state index in [1.165, 1.54) is 12.8 Å². The summed E-state index contributed by atoms with van der Waals surface area (Å²) in [5.74, 6) is 0.145. The summed E-state index contributed by atoms with van der Waals surface area (Å²) in [5.41, 5.74) is 0.927. The van der Waals surface area contributed by atoms with Crippen LogP contribution in [-0.4, -0.2) is 40.4 Å². The van der Waals surface area contributed by atoms with Gasteiger partial charge in [-0.1, -0.05) is 18.9 Å². The zero-order chi connectivity index (χ0) is 18.5. The van der Waals surface area contributed by atoms with Gasteiger partial charge in [0.15, 0.2) is 0 Å². The molecule has 0 spiro atoms. The summed E-state index contributed by atoms with van der Waals surface area (Å²) in [6.45, 7) is 3.62. The summed E-state index contributed by atoms with van der Waals surface area (Å²) >= 11 is 0. The predicted octanol–water partition coefficient (Wildman–Crippen LogP) is 1.84. The van der Waals surface area contributed by atoms with Crippen LogP contribution in [0.5, 0.6) is 0 Å². The molecule has 2 aliphatic rings. The number of pyridine rings is 1. The van der Waals surface area contributed by atoms with E-state index in [1.807, 2.05) is 17.9 Å². The van der Waals surface area contributed by atoms with Crippen molar-refractivity contribution in [3.05, 3.63) is 34.2 Å². The molecule has 26 heavy (non-hydrogen) atoms. The van der Waals surface area contributed by atoms with Crippen LogP contribution in [0.2, 0.25) is 0 Å². The van der Waals surface area contributed by atoms with E-state index in [4.69, 9.17) is 0 Å². The van der Waals surface area contributed by atoms with Gasteiger partial charge in [-0.2, -0.15) is 0 Å². The largest absolute Gasteiger partial charge is 0.356 e. The number of carbonyl (C=O) groups excluding carboxylic acids is 2. The maximum atomic E-state index is 12.5. The van der Waals surface area contributed by atoms with Crippen molar-refractivity contribution in [3.63, 3.8) is 0 Å². The van der Waals surface area contributed by atoms with E-state index in [1.54, 1.807) is 16.7 Å². The number of nitrogens with one attached hydrogen (secondary N) is 1. The molecule has 6 heteroatoms. The lowest BCUT2D eigenvalue weighted by molar-refractivity contribution is -0.140. The van der Waals surface area contributed by atoms with Gasteiger partial charge in [-0.15, -0.1) is 0 Å². The van der Waals surface area contributed by atoms with E-state index < -0.39 is 0 Å². The molecule has 142 valence electrons. The van der Waals surface area contributed by atoms with Crippen LogP contribution in [-0.2, 0) is 16.1 Å². The maximum absolute atomic E-state index is 12.5. The Morgan fingerprint density at radius 1 is 1.19 bits per heavy atom. The zero-order valence-electron chi connectivity index (χ0n) is 15.6. The van der Waals surface area contributed by atoms with Gasteiger partial charge in [-0.05, 0) is 38.7 Å². The molecule has 6 nitrogen and oxygen atoms in total. The number of aromatic nitrogens is 1. The van der Waals surface area contributed by atoms with Crippen LogP contribution in [0.4, 0.5) is 0 Å². The fraction of sp³-hybridized carbons (Fsp3) is 0.650. The topological polar surface area (TPSA) is 71.4 Å². The third kappa shape index (κ3) is 4.34. The van der Waals surface area contributed by atoms with Crippen LogP contribution < -0.4 is 10.9 Å². The molecule has 1 aliphatic heterocycles. The molecule has 1 atom stereocenters. The minimum atomic E-state index is -0.102. The third-order valence-corrected chi connectivity index (χ3v) is 5.71. The number of nitrogens with zero attached hydrogens (tertiary/aromatic N) is 2. The monoisotopic (exact) mass is 359 g/mol. The molecule has 1 aliphatic carbocycles. The van der Waals surface area contributed by atoms with E-state index in [9.17, 15) is 14.4 Å². The van der Waals surface area contributed by atoms with Gasteiger partial charge in [-0.25, -0.2) is 0 Å². The SMILES string of the molecule is Cc1cccc(=O)n1CCCNC(=O)C1CCC(=O)N(C2CCCC2)C1. The second-order valence-electron chi connectivity index (χ2n) is 7.52. The highest BCUT2D eigenvalue weighted by atomic mass is 16.2. The summed E-state index contributed by atoms with van der Waals surface area (Å²) < 4.78 is 1.73. The molecule has 1 aromatic rings. The Balaban J connectivity index is 1.46. The molecule has 2 heterocycles. The van der Waals surface area contributed by atoms with Gasteiger partial charge in [0.05, 0.1) is 5.92 Å². The van der Waals surface area contributed by atoms with Crippen LogP contribution in [0.3, 0.4) is 0 Å². The lowest BCUT2D eigenvalue weighted by Crippen LogP contribution is -2.49. The van der Waals surface area contributed by atoms with Crippen molar-refractivity contribution < 1.29 is 9.59 Å². The molecule has 1 aromatic heterocycles. The lowest BCUT2D eigenvalue weighted by Gasteiger charge is -2.36. The normalized spacial score (nSPS) is 21.2. The Hall–Kier alpha value is -2.11. The van der Waals surface area contributed by atoms with Crippen molar-refractivity contribution in [1.29, 1.82) is 0 Å². The Kier molecular flexibility index (Phi) is 6.12. The molecule has 1 unspecified atom stereocenters. The Labute approximate surface area is 154 Å². The number of likely N-dealkylation sites (tertiary alicyclic amines) is 1. The van der Waals surface area contributed by atoms with Gasteiger partial charge in [0.25, 0.3) is 5.56 Å². The van der Waals surface area contributed by atoms with Crippen LogP contribution in [0.15, 0.2) is 23.0 Å². The first-order chi connectivity index (χ1) is 12.6. The molecular weight excluding hydrogens is 330 g/mol. The van der Waals surface area contributed by atoms with Crippen molar-refractivity contribution in [2.45, 2.75) is 64.5 Å². The van der Waals surface area contributed by atoms with Gasteiger partial charge < -0.3 is 14.8 Å². The summed E-state index contributed by atoms with van der Waals surface area (Å²) in [6.07, 6.45) is 6.36. The second kappa shape index (κ2) is 8.52. The Bertz CT molecular complexity index is 706.